The van der Waals surface area contributed by atoms with Crippen molar-refractivity contribution >= 4 is 0 Å². The van der Waals surface area contributed by atoms with Gasteiger partial charge in [0.15, 0.2) is 0 Å². The molecule has 21 heavy (non-hydrogen) atoms. The highest BCUT2D eigenvalue weighted by Crippen LogP contribution is 2.31. The SMILES string of the molecule is CC(C)n1cc([C@]2(O)CCCN(Cc3ccc[nH]3)C2)nn1. The molecule has 2 aromatic heterocycles. The van der Waals surface area contributed by atoms with E-state index in [0.29, 0.717) is 12.2 Å². The van der Waals surface area contributed by atoms with Crippen molar-refractivity contribution in [2.45, 2.75) is 44.9 Å². The van der Waals surface area contributed by atoms with Crippen molar-refractivity contribution in [2.24, 2.45) is 0 Å². The monoisotopic (exact) mass is 289 g/mol. The number of nitrogens with zero attached hydrogens (tertiary/aromatic N) is 4. The Morgan fingerprint density at radius 1 is 1.48 bits per heavy atom. The van der Waals surface area contributed by atoms with Crippen LogP contribution in [0.4, 0.5) is 0 Å². The second-order valence-electron chi connectivity index (χ2n) is 6.22. The van der Waals surface area contributed by atoms with E-state index < -0.39 is 5.60 Å². The molecular weight excluding hydrogens is 266 g/mol. The van der Waals surface area contributed by atoms with E-state index >= 15 is 0 Å². The molecule has 6 nitrogen and oxygen atoms in total. The van der Waals surface area contributed by atoms with Gasteiger partial charge in [-0.1, -0.05) is 5.21 Å². The smallest absolute Gasteiger partial charge is 0.123 e. The first-order valence-electron chi connectivity index (χ1n) is 7.56. The first kappa shape index (κ1) is 14.3. The Bertz CT molecular complexity index is 577. The quantitative estimate of drug-likeness (QED) is 0.898. The molecule has 1 aliphatic heterocycles. The highest BCUT2D eigenvalue weighted by Gasteiger charge is 2.37. The molecule has 0 aromatic carbocycles. The predicted octanol–water partition coefficient (Wildman–Crippen LogP) is 1.67. The fraction of sp³-hybridized carbons (Fsp3) is 0.600. The molecule has 1 fully saturated rings. The van der Waals surface area contributed by atoms with Crippen LogP contribution in [0, 0.1) is 0 Å². The van der Waals surface area contributed by atoms with E-state index in [0.717, 1.165) is 25.9 Å². The third-order valence-corrected chi connectivity index (χ3v) is 4.12. The number of piperidine rings is 1. The van der Waals surface area contributed by atoms with E-state index in [1.165, 1.54) is 5.69 Å². The highest BCUT2D eigenvalue weighted by atomic mass is 16.3. The zero-order valence-corrected chi connectivity index (χ0v) is 12.7. The second kappa shape index (κ2) is 5.61. The second-order valence-corrected chi connectivity index (χ2v) is 6.22. The molecule has 0 unspecified atom stereocenters. The summed E-state index contributed by atoms with van der Waals surface area (Å²) in [5, 5.41) is 19.3. The summed E-state index contributed by atoms with van der Waals surface area (Å²) >= 11 is 0. The molecule has 0 amide bonds. The Kier molecular flexibility index (Phi) is 3.82. The average molecular weight is 289 g/mol. The van der Waals surface area contributed by atoms with E-state index in [4.69, 9.17) is 0 Å². The molecule has 2 aromatic rings. The van der Waals surface area contributed by atoms with Gasteiger partial charge in [-0.2, -0.15) is 0 Å². The zero-order valence-electron chi connectivity index (χ0n) is 12.7. The molecule has 1 atom stereocenters. The van der Waals surface area contributed by atoms with Gasteiger partial charge in [-0.15, -0.1) is 5.10 Å². The largest absolute Gasteiger partial charge is 0.382 e. The van der Waals surface area contributed by atoms with Gasteiger partial charge in [-0.25, -0.2) is 4.68 Å². The number of β-amino-alcohol motifs (C(OH)–C–C–N with tert-alkyl or cyclic N) is 1. The summed E-state index contributed by atoms with van der Waals surface area (Å²) in [6, 6.07) is 4.33. The molecule has 0 aliphatic carbocycles. The van der Waals surface area contributed by atoms with Gasteiger partial charge in [0.25, 0.3) is 0 Å². The van der Waals surface area contributed by atoms with E-state index in [1.54, 1.807) is 4.68 Å². The average Bonchev–Trinajstić information content (AvgIpc) is 3.09. The van der Waals surface area contributed by atoms with Crippen LogP contribution < -0.4 is 0 Å². The summed E-state index contributed by atoms with van der Waals surface area (Å²) in [6.45, 7) is 6.54. The van der Waals surface area contributed by atoms with Crippen LogP contribution in [0.25, 0.3) is 0 Å². The van der Waals surface area contributed by atoms with Crippen LogP contribution in [0.1, 0.15) is 44.1 Å². The van der Waals surface area contributed by atoms with E-state index in [1.807, 2.05) is 18.5 Å². The van der Waals surface area contributed by atoms with Crippen LogP contribution in [0.15, 0.2) is 24.5 Å². The minimum Gasteiger partial charge on any atom is -0.382 e. The molecule has 0 spiro atoms. The number of hydrogen-bond acceptors (Lipinski definition) is 4. The number of likely N-dealkylation sites (tertiary alicyclic amines) is 1. The number of aromatic nitrogens is 4. The van der Waals surface area contributed by atoms with Gasteiger partial charge in [0.05, 0.1) is 6.20 Å². The maximum Gasteiger partial charge on any atom is 0.123 e. The maximum absolute atomic E-state index is 11.0. The number of nitrogens with one attached hydrogen (secondary N) is 1. The van der Waals surface area contributed by atoms with Crippen molar-refractivity contribution in [2.75, 3.05) is 13.1 Å². The van der Waals surface area contributed by atoms with Crippen LogP contribution in [0.3, 0.4) is 0 Å². The van der Waals surface area contributed by atoms with Crippen molar-refractivity contribution < 1.29 is 5.11 Å². The van der Waals surface area contributed by atoms with Crippen molar-refractivity contribution in [1.29, 1.82) is 0 Å². The number of hydrogen-bond donors (Lipinski definition) is 2. The lowest BCUT2D eigenvalue weighted by atomic mass is 9.90. The molecule has 3 heterocycles. The summed E-state index contributed by atoms with van der Waals surface area (Å²) in [5.41, 5.74) is 0.968. The normalized spacial score (nSPS) is 23.8. The molecule has 0 saturated carbocycles. The first-order chi connectivity index (χ1) is 10.1. The third-order valence-electron chi connectivity index (χ3n) is 4.12. The third kappa shape index (κ3) is 3.01. The summed E-state index contributed by atoms with van der Waals surface area (Å²) in [6.07, 6.45) is 5.51. The summed E-state index contributed by atoms with van der Waals surface area (Å²) in [5.74, 6) is 0. The number of H-pyrrole nitrogens is 1. The van der Waals surface area contributed by atoms with Gasteiger partial charge in [0.1, 0.15) is 11.3 Å². The lowest BCUT2D eigenvalue weighted by Gasteiger charge is -2.37. The predicted molar refractivity (Wildman–Crippen MR) is 79.6 cm³/mol. The van der Waals surface area contributed by atoms with Gasteiger partial charge in [0, 0.05) is 31.0 Å². The summed E-state index contributed by atoms with van der Waals surface area (Å²) in [7, 11) is 0. The Morgan fingerprint density at radius 3 is 3.00 bits per heavy atom. The summed E-state index contributed by atoms with van der Waals surface area (Å²) < 4.78 is 1.80. The minimum atomic E-state index is -0.891. The van der Waals surface area contributed by atoms with Gasteiger partial charge >= 0.3 is 0 Å². The van der Waals surface area contributed by atoms with E-state index in [9.17, 15) is 5.11 Å². The molecule has 2 N–H and O–H groups in total. The standard InChI is InChI=1S/C15H23N5O/c1-12(2)20-10-14(17-18-20)15(21)6-4-8-19(11-15)9-13-5-3-7-16-13/h3,5,7,10,12,16,21H,4,6,8-9,11H2,1-2H3/t15-/m0/s1. The molecule has 0 radical (unpaired) electrons. The number of aromatic amines is 1. The number of rotatable bonds is 4. The van der Waals surface area contributed by atoms with Crippen LogP contribution in [-0.4, -0.2) is 43.1 Å². The van der Waals surface area contributed by atoms with Crippen molar-refractivity contribution in [3.8, 4) is 0 Å². The van der Waals surface area contributed by atoms with Gasteiger partial charge < -0.3 is 10.1 Å². The Hall–Kier alpha value is -1.66. The molecular formula is C15H23N5O. The fourth-order valence-corrected chi connectivity index (χ4v) is 2.92. The van der Waals surface area contributed by atoms with Crippen LogP contribution >= 0.6 is 0 Å². The van der Waals surface area contributed by atoms with Crippen LogP contribution in [0.5, 0.6) is 0 Å². The lowest BCUT2D eigenvalue weighted by Crippen LogP contribution is -2.46. The molecule has 1 aliphatic rings. The van der Waals surface area contributed by atoms with Crippen LogP contribution in [-0.2, 0) is 12.1 Å². The maximum atomic E-state index is 11.0. The zero-order chi connectivity index (χ0) is 14.9. The Morgan fingerprint density at radius 2 is 2.33 bits per heavy atom. The van der Waals surface area contributed by atoms with Crippen molar-refractivity contribution in [3.63, 3.8) is 0 Å². The van der Waals surface area contributed by atoms with Crippen molar-refractivity contribution in [3.05, 3.63) is 35.9 Å². The van der Waals surface area contributed by atoms with E-state index in [-0.39, 0.29) is 6.04 Å². The topological polar surface area (TPSA) is 70.0 Å². The van der Waals surface area contributed by atoms with E-state index in [2.05, 4.69) is 40.1 Å². The first-order valence-corrected chi connectivity index (χ1v) is 7.56. The molecule has 3 rings (SSSR count). The highest BCUT2D eigenvalue weighted by molar-refractivity contribution is 5.11. The lowest BCUT2D eigenvalue weighted by molar-refractivity contribution is -0.0417. The van der Waals surface area contributed by atoms with Crippen LogP contribution in [0.2, 0.25) is 0 Å². The fourth-order valence-electron chi connectivity index (χ4n) is 2.92. The number of aliphatic hydroxyl groups is 1. The van der Waals surface area contributed by atoms with Gasteiger partial charge in [-0.3, -0.25) is 4.90 Å². The minimum absolute atomic E-state index is 0.258. The molecule has 6 heteroatoms. The van der Waals surface area contributed by atoms with Gasteiger partial charge in [0.2, 0.25) is 0 Å². The summed E-state index contributed by atoms with van der Waals surface area (Å²) in [4.78, 5) is 5.48. The molecule has 0 bridgehead atoms. The molecule has 114 valence electrons. The molecule has 1 saturated heterocycles. The Balaban J connectivity index is 1.73. The van der Waals surface area contributed by atoms with Gasteiger partial charge in [-0.05, 0) is 45.4 Å². The van der Waals surface area contributed by atoms with Crippen molar-refractivity contribution in [1.82, 2.24) is 24.9 Å². The Labute approximate surface area is 124 Å².